The first-order valence-electron chi connectivity index (χ1n) is 9.11. The van der Waals surface area contributed by atoms with Gasteiger partial charge in [-0.25, -0.2) is 0 Å². The van der Waals surface area contributed by atoms with Crippen LogP contribution in [0, 0.1) is 0 Å². The lowest BCUT2D eigenvalue weighted by Gasteiger charge is -2.41. The Hall–Kier alpha value is -1.06. The average Bonchev–Trinajstić information content (AvgIpc) is 2.55. The molecular weight excluding hydrogens is 284 g/mol. The van der Waals surface area contributed by atoms with Crippen molar-refractivity contribution in [1.29, 1.82) is 0 Å². The summed E-state index contributed by atoms with van der Waals surface area (Å²) in [5.74, 6) is 0. The van der Waals surface area contributed by atoms with Crippen LogP contribution in [0.5, 0.6) is 0 Å². The molecule has 0 saturated heterocycles. The number of aryl methyl sites for hydroxylation is 1. The molecule has 2 rings (SSSR count). The normalized spacial score (nSPS) is 17.9. The van der Waals surface area contributed by atoms with Crippen LogP contribution in [0.2, 0.25) is 0 Å². The molecule has 1 aliphatic rings. The van der Waals surface area contributed by atoms with Gasteiger partial charge in [0.05, 0.1) is 0 Å². The van der Waals surface area contributed by atoms with E-state index in [1.165, 1.54) is 28.8 Å². The number of nitrogens with zero attached hydrogens (tertiary/aromatic N) is 1. The molecule has 1 atom stereocenters. The highest BCUT2D eigenvalue weighted by molar-refractivity contribution is 5.62. The van der Waals surface area contributed by atoms with Crippen molar-refractivity contribution in [3.05, 3.63) is 28.8 Å². The SMILES string of the molecule is CCc1cc2c(cc1C(N)CC)N(CCCOC)CCC2(C)C. The highest BCUT2D eigenvalue weighted by atomic mass is 16.5. The molecule has 0 aliphatic carbocycles. The lowest BCUT2D eigenvalue weighted by atomic mass is 9.75. The maximum atomic E-state index is 6.40. The summed E-state index contributed by atoms with van der Waals surface area (Å²) in [6.45, 7) is 12.2. The van der Waals surface area contributed by atoms with Gasteiger partial charge < -0.3 is 15.4 Å². The first-order chi connectivity index (χ1) is 10.9. The fraction of sp³-hybridized carbons (Fsp3) is 0.700. The van der Waals surface area contributed by atoms with Gasteiger partial charge in [0.2, 0.25) is 0 Å². The molecule has 0 bridgehead atoms. The maximum Gasteiger partial charge on any atom is 0.0479 e. The van der Waals surface area contributed by atoms with Crippen molar-refractivity contribution in [2.45, 2.75) is 64.8 Å². The van der Waals surface area contributed by atoms with Crippen LogP contribution in [0.25, 0.3) is 0 Å². The Morgan fingerprint density at radius 2 is 2.04 bits per heavy atom. The minimum Gasteiger partial charge on any atom is -0.385 e. The summed E-state index contributed by atoms with van der Waals surface area (Å²) in [7, 11) is 1.78. The molecule has 2 N–H and O–H groups in total. The van der Waals surface area contributed by atoms with E-state index in [-0.39, 0.29) is 11.5 Å². The predicted octanol–water partition coefficient (Wildman–Crippen LogP) is 4.18. The smallest absolute Gasteiger partial charge is 0.0479 e. The summed E-state index contributed by atoms with van der Waals surface area (Å²) in [5, 5.41) is 0. The minimum absolute atomic E-state index is 0.140. The predicted molar refractivity (Wildman–Crippen MR) is 99.4 cm³/mol. The number of ether oxygens (including phenoxy) is 1. The van der Waals surface area contributed by atoms with Crippen LogP contribution in [-0.4, -0.2) is 26.8 Å². The Labute approximate surface area is 142 Å². The average molecular weight is 319 g/mol. The second kappa shape index (κ2) is 7.67. The van der Waals surface area contributed by atoms with Gasteiger partial charge in [0.15, 0.2) is 0 Å². The Morgan fingerprint density at radius 1 is 1.30 bits per heavy atom. The van der Waals surface area contributed by atoms with E-state index in [4.69, 9.17) is 10.5 Å². The standard InChI is InChI=1S/C20H34N2O/c1-6-15-13-17-19(14-16(15)18(21)7-2)22(10-8-12-23-5)11-9-20(17,3)4/h13-14,18H,6-12,21H2,1-5H3. The summed E-state index contributed by atoms with van der Waals surface area (Å²) in [5.41, 5.74) is 12.3. The number of fused-ring (bicyclic) bond motifs is 1. The Morgan fingerprint density at radius 3 is 2.65 bits per heavy atom. The fourth-order valence-electron chi connectivity index (χ4n) is 3.63. The van der Waals surface area contributed by atoms with Crippen LogP contribution in [0.1, 0.15) is 69.7 Å². The van der Waals surface area contributed by atoms with Crippen molar-refractivity contribution >= 4 is 5.69 Å². The summed E-state index contributed by atoms with van der Waals surface area (Å²) in [6, 6.07) is 4.96. The fourth-order valence-corrected chi connectivity index (χ4v) is 3.63. The molecule has 0 radical (unpaired) electrons. The van der Waals surface area contributed by atoms with Crippen LogP contribution in [-0.2, 0) is 16.6 Å². The molecule has 130 valence electrons. The van der Waals surface area contributed by atoms with Gasteiger partial charge in [0, 0.05) is 38.5 Å². The Bertz CT molecular complexity index is 525. The molecule has 0 amide bonds. The second-order valence-electron chi connectivity index (χ2n) is 7.40. The molecule has 3 nitrogen and oxygen atoms in total. The van der Waals surface area contributed by atoms with Gasteiger partial charge in [-0.05, 0) is 53.9 Å². The molecule has 0 spiro atoms. The van der Waals surface area contributed by atoms with Gasteiger partial charge in [-0.15, -0.1) is 0 Å². The molecule has 1 unspecified atom stereocenters. The first-order valence-corrected chi connectivity index (χ1v) is 9.11. The number of methoxy groups -OCH3 is 1. The molecule has 1 aliphatic heterocycles. The van der Waals surface area contributed by atoms with E-state index in [1.54, 1.807) is 7.11 Å². The Kier molecular flexibility index (Phi) is 6.10. The lowest BCUT2D eigenvalue weighted by molar-refractivity contribution is 0.195. The van der Waals surface area contributed by atoms with E-state index in [0.29, 0.717) is 0 Å². The molecule has 23 heavy (non-hydrogen) atoms. The summed E-state index contributed by atoms with van der Waals surface area (Å²) in [4.78, 5) is 2.53. The monoisotopic (exact) mass is 318 g/mol. The van der Waals surface area contributed by atoms with E-state index in [2.05, 4.69) is 44.7 Å². The Balaban J connectivity index is 2.44. The van der Waals surface area contributed by atoms with E-state index in [1.807, 2.05) is 0 Å². The highest BCUT2D eigenvalue weighted by Crippen LogP contribution is 2.42. The van der Waals surface area contributed by atoms with Crippen molar-refractivity contribution in [2.24, 2.45) is 5.73 Å². The van der Waals surface area contributed by atoms with E-state index >= 15 is 0 Å². The molecule has 1 aromatic carbocycles. The van der Waals surface area contributed by atoms with Gasteiger partial charge in [0.25, 0.3) is 0 Å². The topological polar surface area (TPSA) is 38.5 Å². The number of nitrogens with two attached hydrogens (primary N) is 1. The van der Waals surface area contributed by atoms with Gasteiger partial charge >= 0.3 is 0 Å². The van der Waals surface area contributed by atoms with Crippen LogP contribution >= 0.6 is 0 Å². The third-order valence-corrected chi connectivity index (χ3v) is 5.33. The third-order valence-electron chi connectivity index (χ3n) is 5.33. The largest absolute Gasteiger partial charge is 0.385 e. The quantitative estimate of drug-likeness (QED) is 0.766. The van der Waals surface area contributed by atoms with Crippen molar-refractivity contribution in [3.63, 3.8) is 0 Å². The number of hydrogen-bond acceptors (Lipinski definition) is 3. The van der Waals surface area contributed by atoms with Gasteiger partial charge in [0.1, 0.15) is 0 Å². The molecule has 0 aromatic heterocycles. The molecular formula is C20H34N2O. The van der Waals surface area contributed by atoms with Crippen LogP contribution < -0.4 is 10.6 Å². The number of anilines is 1. The summed E-state index contributed by atoms with van der Waals surface area (Å²) >= 11 is 0. The summed E-state index contributed by atoms with van der Waals surface area (Å²) < 4.78 is 5.23. The minimum atomic E-state index is 0.140. The van der Waals surface area contributed by atoms with E-state index in [0.717, 1.165) is 39.0 Å². The summed E-state index contributed by atoms with van der Waals surface area (Å²) in [6.07, 6.45) is 4.31. The van der Waals surface area contributed by atoms with Crippen LogP contribution in [0.4, 0.5) is 5.69 Å². The number of benzene rings is 1. The first kappa shape index (κ1) is 18.3. The molecule has 0 fully saturated rings. The third kappa shape index (κ3) is 3.89. The van der Waals surface area contributed by atoms with Crippen molar-refractivity contribution in [1.82, 2.24) is 0 Å². The van der Waals surface area contributed by atoms with Crippen molar-refractivity contribution < 1.29 is 4.74 Å². The molecule has 0 saturated carbocycles. The highest BCUT2D eigenvalue weighted by Gasteiger charge is 2.32. The zero-order valence-electron chi connectivity index (χ0n) is 15.6. The number of hydrogen-bond donors (Lipinski definition) is 1. The molecule has 1 aromatic rings. The van der Waals surface area contributed by atoms with Gasteiger partial charge in [-0.3, -0.25) is 0 Å². The van der Waals surface area contributed by atoms with Crippen LogP contribution in [0.15, 0.2) is 12.1 Å². The molecule has 3 heteroatoms. The number of rotatable bonds is 7. The van der Waals surface area contributed by atoms with Crippen LogP contribution in [0.3, 0.4) is 0 Å². The van der Waals surface area contributed by atoms with E-state index < -0.39 is 0 Å². The second-order valence-corrected chi connectivity index (χ2v) is 7.40. The zero-order chi connectivity index (χ0) is 17.0. The lowest BCUT2D eigenvalue weighted by Crippen LogP contribution is -2.38. The van der Waals surface area contributed by atoms with Gasteiger partial charge in [-0.1, -0.05) is 33.8 Å². The van der Waals surface area contributed by atoms with Crippen molar-refractivity contribution in [3.8, 4) is 0 Å². The maximum absolute atomic E-state index is 6.40. The van der Waals surface area contributed by atoms with E-state index in [9.17, 15) is 0 Å². The zero-order valence-corrected chi connectivity index (χ0v) is 15.6. The van der Waals surface area contributed by atoms with Crippen molar-refractivity contribution in [2.75, 3.05) is 31.7 Å². The van der Waals surface area contributed by atoms with Gasteiger partial charge in [-0.2, -0.15) is 0 Å². The molecule has 1 heterocycles.